The van der Waals surface area contributed by atoms with Crippen LogP contribution in [0.3, 0.4) is 0 Å². The first-order valence-electron chi connectivity index (χ1n) is 6.87. The van der Waals surface area contributed by atoms with E-state index < -0.39 is 0 Å². The van der Waals surface area contributed by atoms with E-state index in [1.807, 2.05) is 30.3 Å². The molecule has 19 heavy (non-hydrogen) atoms. The van der Waals surface area contributed by atoms with E-state index >= 15 is 0 Å². The van der Waals surface area contributed by atoms with Crippen molar-refractivity contribution in [2.45, 2.75) is 19.4 Å². The molecule has 0 aliphatic carbocycles. The molecule has 0 unspecified atom stereocenters. The summed E-state index contributed by atoms with van der Waals surface area (Å²) in [4.78, 5) is 13.8. The van der Waals surface area contributed by atoms with Crippen molar-refractivity contribution < 1.29 is 9.53 Å². The van der Waals surface area contributed by atoms with Crippen LogP contribution in [-0.2, 0) is 11.3 Å². The topological polar surface area (TPSA) is 41.6 Å². The normalized spacial score (nSPS) is 19.3. The van der Waals surface area contributed by atoms with Crippen LogP contribution in [0.4, 0.5) is 4.79 Å². The Kier molecular flexibility index (Phi) is 5.21. The van der Waals surface area contributed by atoms with Gasteiger partial charge >= 0.3 is 6.09 Å². The highest BCUT2D eigenvalue weighted by atomic mass is 16.5. The average Bonchev–Trinajstić information content (AvgIpc) is 2.83. The third-order valence-corrected chi connectivity index (χ3v) is 3.52. The summed E-state index contributed by atoms with van der Waals surface area (Å²) in [6, 6.07) is 9.71. The molecule has 4 nitrogen and oxygen atoms in total. The first-order valence-corrected chi connectivity index (χ1v) is 6.87. The predicted octanol–water partition coefficient (Wildman–Crippen LogP) is 2.25. The summed E-state index contributed by atoms with van der Waals surface area (Å²) in [6.07, 6.45) is 1.94. The minimum absolute atomic E-state index is 0.324. The zero-order valence-corrected chi connectivity index (χ0v) is 11.5. The van der Waals surface area contributed by atoms with Gasteiger partial charge in [-0.3, -0.25) is 0 Å². The molecule has 1 amide bonds. The lowest BCUT2D eigenvalue weighted by atomic mass is 10.1. The highest BCUT2D eigenvalue weighted by Crippen LogP contribution is 2.16. The molecule has 0 aromatic heterocycles. The zero-order chi connectivity index (χ0) is 13.5. The van der Waals surface area contributed by atoms with E-state index in [9.17, 15) is 4.79 Å². The molecule has 1 heterocycles. The Balaban J connectivity index is 1.57. The monoisotopic (exact) mass is 262 g/mol. The fourth-order valence-electron chi connectivity index (χ4n) is 2.41. The number of alkyl carbamates (subject to hydrolysis) is 1. The van der Waals surface area contributed by atoms with Gasteiger partial charge in [-0.15, -0.1) is 0 Å². The van der Waals surface area contributed by atoms with E-state index in [1.54, 1.807) is 0 Å². The number of benzene rings is 1. The molecule has 1 fully saturated rings. The molecule has 4 heteroatoms. The van der Waals surface area contributed by atoms with Crippen molar-refractivity contribution in [3.8, 4) is 0 Å². The third-order valence-electron chi connectivity index (χ3n) is 3.52. The minimum atomic E-state index is -0.324. The van der Waals surface area contributed by atoms with E-state index in [4.69, 9.17) is 4.74 Å². The van der Waals surface area contributed by atoms with Gasteiger partial charge in [0, 0.05) is 13.1 Å². The summed E-state index contributed by atoms with van der Waals surface area (Å²) in [5, 5.41) is 2.81. The lowest BCUT2D eigenvalue weighted by molar-refractivity contribution is 0.139. The lowest BCUT2D eigenvalue weighted by Gasteiger charge is -2.11. The number of hydrogen-bond donors (Lipinski definition) is 1. The van der Waals surface area contributed by atoms with E-state index in [-0.39, 0.29) is 6.09 Å². The second-order valence-corrected chi connectivity index (χ2v) is 5.19. The van der Waals surface area contributed by atoms with Crippen LogP contribution in [0.5, 0.6) is 0 Å². The highest BCUT2D eigenvalue weighted by molar-refractivity contribution is 5.67. The summed E-state index contributed by atoms with van der Waals surface area (Å²) in [5.41, 5.74) is 1.01. The van der Waals surface area contributed by atoms with Crippen molar-refractivity contribution >= 4 is 6.09 Å². The minimum Gasteiger partial charge on any atom is -0.445 e. The number of carbonyl (C=O) groups excluding carboxylic acids is 1. The van der Waals surface area contributed by atoms with Crippen LogP contribution in [0.2, 0.25) is 0 Å². The summed E-state index contributed by atoms with van der Waals surface area (Å²) in [7, 11) is 2.14. The van der Waals surface area contributed by atoms with E-state index in [0.29, 0.717) is 19.1 Å². The number of likely N-dealkylation sites (tertiary alicyclic amines) is 1. The van der Waals surface area contributed by atoms with E-state index in [0.717, 1.165) is 18.5 Å². The fraction of sp³-hybridized carbons (Fsp3) is 0.533. The summed E-state index contributed by atoms with van der Waals surface area (Å²) in [5.74, 6) is 0.708. The Bertz CT molecular complexity index is 394. The maximum Gasteiger partial charge on any atom is 0.407 e. The van der Waals surface area contributed by atoms with Gasteiger partial charge in [-0.1, -0.05) is 30.3 Å². The van der Waals surface area contributed by atoms with Crippen molar-refractivity contribution in [3.05, 3.63) is 35.9 Å². The number of nitrogens with zero attached hydrogens (tertiary/aromatic N) is 1. The quantitative estimate of drug-likeness (QED) is 0.885. The van der Waals surface area contributed by atoms with Crippen molar-refractivity contribution in [1.29, 1.82) is 0 Å². The predicted molar refractivity (Wildman–Crippen MR) is 74.9 cm³/mol. The van der Waals surface area contributed by atoms with Crippen molar-refractivity contribution in [2.75, 3.05) is 26.7 Å². The Morgan fingerprint density at radius 2 is 2.21 bits per heavy atom. The number of nitrogens with one attached hydrogen (secondary N) is 1. The third kappa shape index (κ3) is 4.91. The van der Waals surface area contributed by atoms with Crippen LogP contribution >= 0.6 is 0 Å². The van der Waals surface area contributed by atoms with Gasteiger partial charge in [-0.2, -0.15) is 0 Å². The molecule has 1 aromatic rings. The average molecular weight is 262 g/mol. The van der Waals surface area contributed by atoms with Gasteiger partial charge in [0.15, 0.2) is 0 Å². The first kappa shape index (κ1) is 13.9. The molecule has 1 N–H and O–H groups in total. The standard InChI is InChI=1S/C15H22N2O2/c1-17-10-8-13(11-17)7-9-16-15(18)19-12-14-5-3-2-4-6-14/h2-6,13H,7-12H2,1H3,(H,16,18)/t13-/m1/s1. The van der Waals surface area contributed by atoms with Crippen LogP contribution in [0.25, 0.3) is 0 Å². The van der Waals surface area contributed by atoms with Gasteiger partial charge in [-0.25, -0.2) is 4.79 Å². The summed E-state index contributed by atoms with van der Waals surface area (Å²) in [6.45, 7) is 3.34. The molecule has 1 aromatic carbocycles. The van der Waals surface area contributed by atoms with Gasteiger partial charge < -0.3 is 15.0 Å². The number of hydrogen-bond acceptors (Lipinski definition) is 3. The van der Waals surface area contributed by atoms with Crippen LogP contribution in [0.1, 0.15) is 18.4 Å². The summed E-state index contributed by atoms with van der Waals surface area (Å²) < 4.78 is 5.15. The molecule has 104 valence electrons. The molecule has 1 saturated heterocycles. The molecule has 1 atom stereocenters. The molecule has 0 spiro atoms. The largest absolute Gasteiger partial charge is 0.445 e. The zero-order valence-electron chi connectivity index (χ0n) is 11.5. The van der Waals surface area contributed by atoms with Gasteiger partial charge in [0.1, 0.15) is 6.61 Å². The van der Waals surface area contributed by atoms with Gasteiger partial charge in [0.2, 0.25) is 0 Å². The number of carbonyl (C=O) groups is 1. The molecular formula is C15H22N2O2. The van der Waals surface area contributed by atoms with Crippen molar-refractivity contribution in [1.82, 2.24) is 10.2 Å². The SMILES string of the molecule is CN1CC[C@@H](CCNC(=O)OCc2ccccc2)C1. The Morgan fingerprint density at radius 1 is 1.42 bits per heavy atom. The summed E-state index contributed by atoms with van der Waals surface area (Å²) >= 11 is 0. The maximum absolute atomic E-state index is 11.5. The fourth-order valence-corrected chi connectivity index (χ4v) is 2.41. The molecular weight excluding hydrogens is 240 g/mol. The van der Waals surface area contributed by atoms with Crippen molar-refractivity contribution in [2.24, 2.45) is 5.92 Å². The maximum atomic E-state index is 11.5. The number of rotatable bonds is 5. The van der Waals surface area contributed by atoms with Gasteiger partial charge in [0.25, 0.3) is 0 Å². The lowest BCUT2D eigenvalue weighted by Crippen LogP contribution is -2.27. The van der Waals surface area contributed by atoms with Crippen LogP contribution in [0, 0.1) is 5.92 Å². The van der Waals surface area contributed by atoms with Crippen LogP contribution in [0.15, 0.2) is 30.3 Å². The Morgan fingerprint density at radius 3 is 2.89 bits per heavy atom. The molecule has 0 radical (unpaired) electrons. The second kappa shape index (κ2) is 7.14. The van der Waals surface area contributed by atoms with Gasteiger partial charge in [0.05, 0.1) is 0 Å². The van der Waals surface area contributed by atoms with Crippen LogP contribution in [-0.4, -0.2) is 37.7 Å². The molecule has 0 saturated carbocycles. The molecule has 1 aliphatic heterocycles. The van der Waals surface area contributed by atoms with E-state index in [1.165, 1.54) is 13.0 Å². The first-order chi connectivity index (χ1) is 9.24. The van der Waals surface area contributed by atoms with E-state index in [2.05, 4.69) is 17.3 Å². The van der Waals surface area contributed by atoms with Crippen molar-refractivity contribution in [3.63, 3.8) is 0 Å². The highest BCUT2D eigenvalue weighted by Gasteiger charge is 2.18. The smallest absolute Gasteiger partial charge is 0.407 e. The second-order valence-electron chi connectivity index (χ2n) is 5.19. The number of ether oxygens (including phenoxy) is 1. The Labute approximate surface area is 114 Å². The van der Waals surface area contributed by atoms with Crippen LogP contribution < -0.4 is 5.32 Å². The molecule has 0 bridgehead atoms. The Hall–Kier alpha value is -1.55. The van der Waals surface area contributed by atoms with Gasteiger partial charge in [-0.05, 0) is 37.9 Å². The number of amides is 1. The molecule has 2 rings (SSSR count). The molecule has 1 aliphatic rings.